The molecule has 1 aromatic heterocycles. The van der Waals surface area contributed by atoms with E-state index in [9.17, 15) is 0 Å². The van der Waals surface area contributed by atoms with E-state index in [1.807, 2.05) is 6.08 Å². The Hall–Kier alpha value is -0.710. The molecule has 0 aliphatic carbocycles. The molecule has 2 fully saturated rings. The van der Waals surface area contributed by atoms with Crippen molar-refractivity contribution in [3.8, 4) is 0 Å². The van der Waals surface area contributed by atoms with Gasteiger partial charge in [-0.05, 0) is 58.0 Å². The van der Waals surface area contributed by atoms with Crippen LogP contribution in [0.25, 0.3) is 0 Å². The molecule has 2 saturated heterocycles. The molecule has 0 amide bonds. The molecule has 8 heteroatoms. The molecule has 0 saturated carbocycles. The summed E-state index contributed by atoms with van der Waals surface area (Å²) in [7, 11) is 0. The van der Waals surface area contributed by atoms with Crippen molar-refractivity contribution in [3.05, 3.63) is 28.7 Å². The van der Waals surface area contributed by atoms with Gasteiger partial charge >= 0.3 is 0 Å². The van der Waals surface area contributed by atoms with Gasteiger partial charge in [0.2, 0.25) is 0 Å². The lowest BCUT2D eigenvalue weighted by Crippen LogP contribution is -2.48. The second-order valence-electron chi connectivity index (χ2n) is 8.53. The number of halogens is 1. The molecule has 0 spiro atoms. The average Bonchev–Trinajstić information content (AvgIpc) is 3.22. The van der Waals surface area contributed by atoms with Crippen molar-refractivity contribution in [2.75, 3.05) is 45.8 Å². The van der Waals surface area contributed by atoms with Gasteiger partial charge in [-0.1, -0.05) is 13.0 Å². The number of likely N-dealkylation sites (tertiary alicyclic amines) is 2. The number of aryl methyl sites for hydroxylation is 1. The minimum absolute atomic E-state index is 0. The Morgan fingerprint density at radius 1 is 1.19 bits per heavy atom. The van der Waals surface area contributed by atoms with E-state index in [4.69, 9.17) is 9.98 Å². The smallest absolute Gasteiger partial charge is 0.191 e. The summed E-state index contributed by atoms with van der Waals surface area (Å²) in [4.78, 5) is 14.7. The summed E-state index contributed by atoms with van der Waals surface area (Å²) in [6, 6.07) is 0.525. The molecule has 0 atom stereocenters. The van der Waals surface area contributed by atoms with Crippen LogP contribution >= 0.6 is 35.3 Å². The van der Waals surface area contributed by atoms with Crippen molar-refractivity contribution in [2.45, 2.75) is 58.5 Å². The summed E-state index contributed by atoms with van der Waals surface area (Å²) in [5.74, 6) is 1.68. The third-order valence-electron chi connectivity index (χ3n) is 6.16. The van der Waals surface area contributed by atoms with Gasteiger partial charge in [0.25, 0.3) is 0 Å². The van der Waals surface area contributed by atoms with Crippen LogP contribution in [0.5, 0.6) is 0 Å². The lowest BCUT2D eigenvalue weighted by Gasteiger charge is -2.33. The fourth-order valence-electron chi connectivity index (χ4n) is 4.32. The number of aromatic nitrogens is 1. The first-order valence-electron chi connectivity index (χ1n) is 11.7. The van der Waals surface area contributed by atoms with E-state index in [0.717, 1.165) is 64.7 Å². The number of nitrogens with one attached hydrogen (secondary N) is 2. The first-order chi connectivity index (χ1) is 14.7. The highest BCUT2D eigenvalue weighted by Gasteiger charge is 2.21. The number of piperidine rings is 2. The molecule has 0 aromatic carbocycles. The Bertz CT molecular complexity index is 663. The van der Waals surface area contributed by atoms with Crippen LogP contribution in [-0.2, 0) is 13.0 Å². The molecule has 3 rings (SSSR count). The molecule has 3 heterocycles. The quantitative estimate of drug-likeness (QED) is 0.209. The third-order valence-corrected chi connectivity index (χ3v) is 7.20. The topological polar surface area (TPSA) is 55.8 Å². The molecule has 2 aliphatic heterocycles. The van der Waals surface area contributed by atoms with Crippen molar-refractivity contribution in [2.24, 2.45) is 10.9 Å². The summed E-state index contributed by atoms with van der Waals surface area (Å²) < 4.78 is 0. The predicted octanol–water partition coefficient (Wildman–Crippen LogP) is 3.74. The fourth-order valence-corrected chi connectivity index (χ4v) is 5.05. The van der Waals surface area contributed by atoms with Crippen LogP contribution in [0.2, 0.25) is 0 Å². The van der Waals surface area contributed by atoms with Crippen molar-refractivity contribution in [3.63, 3.8) is 0 Å². The highest BCUT2D eigenvalue weighted by Crippen LogP contribution is 2.20. The molecule has 0 radical (unpaired) electrons. The van der Waals surface area contributed by atoms with Gasteiger partial charge in [-0.25, -0.2) is 4.98 Å². The predicted molar refractivity (Wildman–Crippen MR) is 144 cm³/mol. The maximum absolute atomic E-state index is 4.95. The van der Waals surface area contributed by atoms with E-state index in [-0.39, 0.29) is 24.0 Å². The van der Waals surface area contributed by atoms with Crippen LogP contribution in [0, 0.1) is 5.92 Å². The van der Waals surface area contributed by atoms with E-state index >= 15 is 0 Å². The zero-order valence-electron chi connectivity index (χ0n) is 19.3. The van der Waals surface area contributed by atoms with Crippen molar-refractivity contribution < 1.29 is 0 Å². The number of aliphatic imine (C=N–C) groups is 1. The molecular weight excluding hydrogens is 519 g/mol. The highest BCUT2D eigenvalue weighted by atomic mass is 127. The summed E-state index contributed by atoms with van der Waals surface area (Å²) in [6.45, 7) is 16.6. The van der Waals surface area contributed by atoms with Crippen LogP contribution in [-0.4, -0.2) is 72.6 Å². The first kappa shape index (κ1) is 26.5. The zero-order chi connectivity index (χ0) is 21.2. The Balaban J connectivity index is 0.00000341. The van der Waals surface area contributed by atoms with Crippen LogP contribution in [0.1, 0.15) is 50.2 Å². The maximum Gasteiger partial charge on any atom is 0.191 e. The third kappa shape index (κ3) is 8.98. The fraction of sp³-hybridized carbons (Fsp3) is 0.739. The summed E-state index contributed by atoms with van der Waals surface area (Å²) in [5.41, 5.74) is 1.24. The number of nitrogens with zero attached hydrogens (tertiary/aromatic N) is 4. The largest absolute Gasteiger partial charge is 0.357 e. The number of thiazole rings is 1. The molecule has 31 heavy (non-hydrogen) atoms. The summed E-state index contributed by atoms with van der Waals surface area (Å²) in [6.07, 6.45) is 7.85. The van der Waals surface area contributed by atoms with Gasteiger partial charge in [-0.3, -0.25) is 14.8 Å². The van der Waals surface area contributed by atoms with E-state index in [1.54, 1.807) is 11.3 Å². The Morgan fingerprint density at radius 3 is 2.52 bits per heavy atom. The zero-order valence-corrected chi connectivity index (χ0v) is 22.5. The van der Waals surface area contributed by atoms with Gasteiger partial charge < -0.3 is 10.6 Å². The summed E-state index contributed by atoms with van der Waals surface area (Å²) in [5, 5.41) is 10.6. The summed E-state index contributed by atoms with van der Waals surface area (Å²) >= 11 is 1.79. The molecule has 0 unspecified atom stereocenters. The standard InChI is InChI=1S/C23H40N6S.HI/c1-4-11-28-14-9-20(10-15-28)27-23(24-6-3)25-16-19-7-12-29(13-8-19)17-21-18-30-22(5-2)26-21;/h4,18-20H,1,5-17H2,2-3H3,(H2,24,25,27);1H. The lowest BCUT2D eigenvalue weighted by atomic mass is 9.97. The molecule has 1 aromatic rings. The van der Waals surface area contributed by atoms with Gasteiger partial charge in [0.05, 0.1) is 10.7 Å². The van der Waals surface area contributed by atoms with Crippen LogP contribution in [0.3, 0.4) is 0 Å². The number of hydrogen-bond acceptors (Lipinski definition) is 5. The number of guanidine groups is 1. The van der Waals surface area contributed by atoms with E-state index in [0.29, 0.717) is 12.0 Å². The van der Waals surface area contributed by atoms with Crippen molar-refractivity contribution in [1.82, 2.24) is 25.4 Å². The monoisotopic (exact) mass is 560 g/mol. The van der Waals surface area contributed by atoms with E-state index in [1.165, 1.54) is 36.4 Å². The lowest BCUT2D eigenvalue weighted by molar-refractivity contribution is 0.179. The Labute approximate surface area is 210 Å². The van der Waals surface area contributed by atoms with Gasteiger partial charge in [-0.15, -0.1) is 41.9 Å². The van der Waals surface area contributed by atoms with E-state index in [2.05, 4.69) is 46.2 Å². The second-order valence-corrected chi connectivity index (χ2v) is 9.48. The van der Waals surface area contributed by atoms with Gasteiger partial charge in [0.15, 0.2) is 5.96 Å². The maximum atomic E-state index is 4.95. The van der Waals surface area contributed by atoms with Crippen LogP contribution < -0.4 is 10.6 Å². The van der Waals surface area contributed by atoms with E-state index < -0.39 is 0 Å². The van der Waals surface area contributed by atoms with Gasteiger partial charge in [-0.2, -0.15) is 0 Å². The molecule has 2 N–H and O–H groups in total. The van der Waals surface area contributed by atoms with Gasteiger partial charge in [0.1, 0.15) is 0 Å². The van der Waals surface area contributed by atoms with Crippen molar-refractivity contribution >= 4 is 41.3 Å². The molecular formula is C23H41IN6S. The molecule has 0 bridgehead atoms. The highest BCUT2D eigenvalue weighted by molar-refractivity contribution is 14.0. The number of hydrogen-bond donors (Lipinski definition) is 2. The Kier molecular flexibility index (Phi) is 12.4. The number of rotatable bonds is 9. The molecule has 6 nitrogen and oxygen atoms in total. The molecule has 176 valence electrons. The van der Waals surface area contributed by atoms with Crippen LogP contribution in [0.4, 0.5) is 0 Å². The SMILES string of the molecule is C=CCN1CCC(NC(=NCC2CCN(Cc3csc(CC)n3)CC2)NCC)CC1.I. The minimum atomic E-state index is 0. The molecule has 2 aliphatic rings. The average molecular weight is 561 g/mol. The van der Waals surface area contributed by atoms with Crippen LogP contribution in [0.15, 0.2) is 23.0 Å². The Morgan fingerprint density at radius 2 is 1.90 bits per heavy atom. The first-order valence-corrected chi connectivity index (χ1v) is 12.6. The minimum Gasteiger partial charge on any atom is -0.357 e. The second kappa shape index (κ2) is 14.4. The normalized spacial score (nSPS) is 19.7. The van der Waals surface area contributed by atoms with Crippen molar-refractivity contribution in [1.29, 1.82) is 0 Å². The van der Waals surface area contributed by atoms with Gasteiger partial charge in [0, 0.05) is 50.7 Å².